The summed E-state index contributed by atoms with van der Waals surface area (Å²) in [6, 6.07) is 22.3. The van der Waals surface area contributed by atoms with Crippen molar-refractivity contribution in [1.82, 2.24) is 15.2 Å². The van der Waals surface area contributed by atoms with Crippen LogP contribution in [0, 0.1) is 0 Å². The molecule has 0 aliphatic rings. The lowest BCUT2D eigenvalue weighted by molar-refractivity contribution is 0.0441. The first kappa shape index (κ1) is 17.8. The SMILES string of the molecule is O=C(OCc1nnc(-c2ccco2)o1)c1cc(-c2ccccc2)nc2ccccc12. The number of fused-ring (bicyclic) bond motifs is 1. The Morgan fingerprint density at radius 3 is 2.60 bits per heavy atom. The second-order valence-corrected chi connectivity index (χ2v) is 6.49. The van der Waals surface area contributed by atoms with Crippen LogP contribution in [-0.2, 0) is 11.3 Å². The zero-order valence-electron chi connectivity index (χ0n) is 15.7. The summed E-state index contributed by atoms with van der Waals surface area (Å²) in [6.45, 7) is -0.149. The summed E-state index contributed by atoms with van der Waals surface area (Å²) in [5.74, 6) is 0.361. The average Bonchev–Trinajstić information content (AvgIpc) is 3.49. The predicted octanol–water partition coefficient (Wildman–Crippen LogP) is 4.90. The van der Waals surface area contributed by atoms with Crippen LogP contribution >= 0.6 is 0 Å². The lowest BCUT2D eigenvalue weighted by Crippen LogP contribution is -2.07. The van der Waals surface area contributed by atoms with Crippen molar-refractivity contribution in [1.29, 1.82) is 0 Å². The van der Waals surface area contributed by atoms with Gasteiger partial charge >= 0.3 is 5.97 Å². The predicted molar refractivity (Wildman–Crippen MR) is 108 cm³/mol. The van der Waals surface area contributed by atoms with Gasteiger partial charge in [0.15, 0.2) is 12.4 Å². The first-order valence-corrected chi connectivity index (χ1v) is 9.26. The van der Waals surface area contributed by atoms with Crippen molar-refractivity contribution in [3.8, 4) is 22.9 Å². The minimum absolute atomic E-state index is 0.149. The van der Waals surface area contributed by atoms with E-state index in [0.29, 0.717) is 27.9 Å². The number of para-hydroxylation sites is 1. The Labute approximate surface area is 171 Å². The average molecular weight is 397 g/mol. The number of nitrogens with zero attached hydrogens (tertiary/aromatic N) is 3. The second-order valence-electron chi connectivity index (χ2n) is 6.49. The quantitative estimate of drug-likeness (QED) is 0.389. The third kappa shape index (κ3) is 3.44. The molecule has 0 aliphatic heterocycles. The van der Waals surface area contributed by atoms with Gasteiger partial charge < -0.3 is 13.6 Å². The molecule has 2 aromatic carbocycles. The van der Waals surface area contributed by atoms with Crippen molar-refractivity contribution in [2.45, 2.75) is 6.61 Å². The Morgan fingerprint density at radius 1 is 0.933 bits per heavy atom. The fourth-order valence-corrected chi connectivity index (χ4v) is 3.12. The van der Waals surface area contributed by atoms with Crippen molar-refractivity contribution in [2.75, 3.05) is 0 Å². The van der Waals surface area contributed by atoms with Crippen LogP contribution in [-0.4, -0.2) is 21.2 Å². The third-order valence-corrected chi connectivity index (χ3v) is 4.53. The van der Waals surface area contributed by atoms with E-state index < -0.39 is 5.97 Å². The number of pyridine rings is 1. The number of hydrogen-bond donors (Lipinski definition) is 0. The van der Waals surface area contributed by atoms with E-state index in [1.807, 2.05) is 54.6 Å². The number of furan rings is 1. The summed E-state index contributed by atoms with van der Waals surface area (Å²) in [6.07, 6.45) is 1.51. The maximum Gasteiger partial charge on any atom is 0.339 e. The fraction of sp³-hybridized carbons (Fsp3) is 0.0435. The first-order chi connectivity index (χ1) is 14.8. The van der Waals surface area contributed by atoms with Gasteiger partial charge in [0.2, 0.25) is 0 Å². The number of benzene rings is 2. The Kier molecular flexibility index (Phi) is 4.53. The van der Waals surface area contributed by atoms with Crippen LogP contribution < -0.4 is 0 Å². The molecule has 0 fully saturated rings. The van der Waals surface area contributed by atoms with Crippen molar-refractivity contribution in [2.24, 2.45) is 0 Å². The number of carbonyl (C=O) groups excluding carboxylic acids is 1. The standard InChI is InChI=1S/C23H15N3O4/c27-23(29-14-21-25-26-22(30-21)20-11-6-12-28-20)17-13-19(15-7-2-1-3-8-15)24-18-10-5-4-9-16(17)18/h1-13H,14H2. The lowest BCUT2D eigenvalue weighted by Gasteiger charge is -2.09. The molecule has 30 heavy (non-hydrogen) atoms. The summed E-state index contributed by atoms with van der Waals surface area (Å²) in [4.78, 5) is 17.6. The Balaban J connectivity index is 1.43. The van der Waals surface area contributed by atoms with Gasteiger partial charge in [-0.1, -0.05) is 48.5 Å². The molecule has 0 radical (unpaired) electrons. The van der Waals surface area contributed by atoms with Gasteiger partial charge in [0, 0.05) is 10.9 Å². The van der Waals surface area contributed by atoms with E-state index in [9.17, 15) is 4.79 Å². The molecule has 146 valence electrons. The fourth-order valence-electron chi connectivity index (χ4n) is 3.12. The maximum atomic E-state index is 12.9. The van der Waals surface area contributed by atoms with Crippen LogP contribution in [0.4, 0.5) is 0 Å². The molecule has 0 saturated carbocycles. The van der Waals surface area contributed by atoms with Gasteiger partial charge in [0.05, 0.1) is 23.0 Å². The van der Waals surface area contributed by atoms with Crippen LogP contribution in [0.2, 0.25) is 0 Å². The molecule has 0 spiro atoms. The van der Waals surface area contributed by atoms with Gasteiger partial charge in [-0.3, -0.25) is 0 Å². The molecule has 3 aromatic heterocycles. The van der Waals surface area contributed by atoms with Crippen LogP contribution in [0.1, 0.15) is 16.2 Å². The third-order valence-electron chi connectivity index (χ3n) is 4.53. The molecule has 0 bridgehead atoms. The first-order valence-electron chi connectivity index (χ1n) is 9.26. The molecule has 7 heteroatoms. The highest BCUT2D eigenvalue weighted by Gasteiger charge is 2.17. The summed E-state index contributed by atoms with van der Waals surface area (Å²) in [5, 5.41) is 8.51. The van der Waals surface area contributed by atoms with Crippen molar-refractivity contribution in [3.63, 3.8) is 0 Å². The second kappa shape index (κ2) is 7.63. The number of ether oxygens (including phenoxy) is 1. The monoisotopic (exact) mass is 397 g/mol. The van der Waals surface area contributed by atoms with Gasteiger partial charge in [-0.05, 0) is 24.3 Å². The summed E-state index contributed by atoms with van der Waals surface area (Å²) in [7, 11) is 0. The Bertz CT molecular complexity index is 1310. The van der Waals surface area contributed by atoms with E-state index in [1.165, 1.54) is 6.26 Å². The van der Waals surface area contributed by atoms with E-state index in [4.69, 9.17) is 13.6 Å². The van der Waals surface area contributed by atoms with Crippen LogP contribution in [0.5, 0.6) is 0 Å². The van der Waals surface area contributed by atoms with Crippen LogP contribution in [0.15, 0.2) is 87.9 Å². The normalized spacial score (nSPS) is 10.9. The van der Waals surface area contributed by atoms with Crippen molar-refractivity contribution in [3.05, 3.63) is 90.5 Å². The lowest BCUT2D eigenvalue weighted by atomic mass is 10.0. The molecule has 0 unspecified atom stereocenters. The van der Waals surface area contributed by atoms with E-state index in [1.54, 1.807) is 18.2 Å². The van der Waals surface area contributed by atoms with E-state index >= 15 is 0 Å². The van der Waals surface area contributed by atoms with E-state index in [2.05, 4.69) is 15.2 Å². The largest absolute Gasteiger partial charge is 0.459 e. The Hall–Kier alpha value is -4.26. The molecule has 5 rings (SSSR count). The van der Waals surface area contributed by atoms with E-state index in [0.717, 1.165) is 5.56 Å². The van der Waals surface area contributed by atoms with Crippen molar-refractivity contribution >= 4 is 16.9 Å². The highest BCUT2D eigenvalue weighted by molar-refractivity contribution is 6.04. The minimum Gasteiger partial charge on any atom is -0.459 e. The number of rotatable bonds is 5. The van der Waals surface area contributed by atoms with Gasteiger partial charge in [0.1, 0.15) is 0 Å². The summed E-state index contributed by atoms with van der Waals surface area (Å²) < 4.78 is 16.2. The van der Waals surface area contributed by atoms with Crippen molar-refractivity contribution < 1.29 is 18.4 Å². The highest BCUT2D eigenvalue weighted by Crippen LogP contribution is 2.26. The molecule has 0 amide bonds. The summed E-state index contributed by atoms with van der Waals surface area (Å²) in [5.41, 5.74) is 2.74. The maximum absolute atomic E-state index is 12.9. The molecule has 0 atom stereocenters. The molecular weight excluding hydrogens is 382 g/mol. The smallest absolute Gasteiger partial charge is 0.339 e. The highest BCUT2D eigenvalue weighted by atomic mass is 16.5. The van der Waals surface area contributed by atoms with Crippen LogP contribution in [0.3, 0.4) is 0 Å². The molecule has 5 aromatic rings. The molecule has 0 N–H and O–H groups in total. The number of carbonyl (C=O) groups is 1. The zero-order valence-corrected chi connectivity index (χ0v) is 15.7. The van der Waals surface area contributed by atoms with E-state index in [-0.39, 0.29) is 18.4 Å². The summed E-state index contributed by atoms with van der Waals surface area (Å²) >= 11 is 0. The van der Waals surface area contributed by atoms with Gasteiger partial charge in [-0.25, -0.2) is 9.78 Å². The molecule has 0 saturated heterocycles. The van der Waals surface area contributed by atoms with Gasteiger partial charge in [-0.2, -0.15) is 0 Å². The van der Waals surface area contributed by atoms with Gasteiger partial charge in [-0.15, -0.1) is 10.2 Å². The minimum atomic E-state index is -0.497. The molecule has 3 heterocycles. The molecule has 7 nitrogen and oxygen atoms in total. The Morgan fingerprint density at radius 2 is 1.77 bits per heavy atom. The van der Waals surface area contributed by atoms with Gasteiger partial charge in [0.25, 0.3) is 11.8 Å². The van der Waals surface area contributed by atoms with Crippen LogP contribution in [0.25, 0.3) is 33.8 Å². The molecular formula is C23H15N3O4. The molecule has 0 aliphatic carbocycles. The number of esters is 1. The zero-order chi connectivity index (χ0) is 20.3. The topological polar surface area (TPSA) is 91.2 Å². The number of aromatic nitrogens is 3. The number of hydrogen-bond acceptors (Lipinski definition) is 7.